The van der Waals surface area contributed by atoms with Crippen molar-refractivity contribution in [1.82, 2.24) is 9.21 Å². The van der Waals surface area contributed by atoms with Gasteiger partial charge in [0, 0.05) is 24.7 Å². The first-order chi connectivity index (χ1) is 14.7. The van der Waals surface area contributed by atoms with E-state index in [9.17, 15) is 22.8 Å². The maximum Gasteiger partial charge on any atom is 0.324 e. The van der Waals surface area contributed by atoms with Gasteiger partial charge in [-0.05, 0) is 64.5 Å². The van der Waals surface area contributed by atoms with Crippen molar-refractivity contribution in [2.75, 3.05) is 19.7 Å². The van der Waals surface area contributed by atoms with Crippen LogP contribution in [0.1, 0.15) is 62.7 Å². The maximum absolute atomic E-state index is 13.2. The molecule has 31 heavy (non-hydrogen) atoms. The van der Waals surface area contributed by atoms with Crippen LogP contribution in [0.15, 0.2) is 29.2 Å². The Morgan fingerprint density at radius 3 is 2.29 bits per heavy atom. The van der Waals surface area contributed by atoms with E-state index in [0.29, 0.717) is 31.4 Å². The molecule has 2 aliphatic rings. The van der Waals surface area contributed by atoms with Crippen LogP contribution in [0.5, 0.6) is 0 Å². The Hall–Kier alpha value is -2.26. The third-order valence-corrected chi connectivity index (χ3v) is 7.98. The second-order valence-corrected chi connectivity index (χ2v) is 10.1. The molecule has 0 aliphatic carbocycles. The summed E-state index contributed by atoms with van der Waals surface area (Å²) >= 11 is 0. The number of ether oxygens (including phenoxy) is 1. The van der Waals surface area contributed by atoms with Gasteiger partial charge in [-0.1, -0.05) is 12.1 Å². The molecule has 0 saturated carbocycles. The molecule has 1 aromatic rings. The highest BCUT2D eigenvalue weighted by atomic mass is 32.2. The smallest absolute Gasteiger partial charge is 0.324 e. The highest BCUT2D eigenvalue weighted by Crippen LogP contribution is 2.26. The lowest BCUT2D eigenvalue weighted by molar-refractivity contribution is -0.157. The first-order valence-corrected chi connectivity index (χ1v) is 12.2. The van der Waals surface area contributed by atoms with E-state index in [-0.39, 0.29) is 35.8 Å². The molecule has 170 valence electrons. The van der Waals surface area contributed by atoms with Crippen molar-refractivity contribution in [3.05, 3.63) is 29.8 Å². The van der Waals surface area contributed by atoms with Gasteiger partial charge < -0.3 is 9.64 Å². The third-order valence-electron chi connectivity index (χ3n) is 6.05. The molecule has 2 aliphatic heterocycles. The lowest BCUT2D eigenvalue weighted by Crippen LogP contribution is -2.49. The molecule has 9 heteroatoms. The van der Waals surface area contributed by atoms with Crippen LogP contribution < -0.4 is 0 Å². The van der Waals surface area contributed by atoms with Gasteiger partial charge in [0.25, 0.3) is 5.91 Å². The molecule has 0 N–H and O–H groups in total. The summed E-state index contributed by atoms with van der Waals surface area (Å²) in [7, 11) is -3.94. The van der Waals surface area contributed by atoms with E-state index in [2.05, 4.69) is 0 Å². The Morgan fingerprint density at radius 2 is 1.65 bits per heavy atom. The van der Waals surface area contributed by atoms with E-state index in [1.54, 1.807) is 4.90 Å². The number of ketones is 1. The SMILES string of the molecule is CC(=O)c1ccc(S(=O)(=O)N2CCCCC2C(=O)OCC(=O)N2CCCCC2C)cc1. The Bertz CT molecular complexity index is 928. The van der Waals surface area contributed by atoms with Crippen molar-refractivity contribution >= 4 is 27.7 Å². The number of hydrogen-bond acceptors (Lipinski definition) is 6. The zero-order valence-corrected chi connectivity index (χ0v) is 18.9. The fraction of sp³-hybridized carbons (Fsp3) is 0.591. The van der Waals surface area contributed by atoms with Crippen LogP contribution in [0.4, 0.5) is 0 Å². The summed E-state index contributed by atoms with van der Waals surface area (Å²) in [6.07, 6.45) is 4.62. The van der Waals surface area contributed by atoms with Gasteiger partial charge in [-0.15, -0.1) is 0 Å². The standard InChI is InChI=1S/C22H30N2O6S/c1-16-7-3-5-13-23(16)21(26)15-30-22(27)20-8-4-6-14-24(20)31(28,29)19-11-9-18(10-12-19)17(2)25/h9-12,16,20H,3-8,13-15H2,1-2H3. The first kappa shape index (κ1) is 23.4. The Morgan fingerprint density at radius 1 is 1.00 bits per heavy atom. The molecule has 1 aromatic carbocycles. The van der Waals surface area contributed by atoms with Gasteiger partial charge in [0.05, 0.1) is 4.90 Å². The average molecular weight is 451 g/mol. The fourth-order valence-corrected chi connectivity index (χ4v) is 5.85. The third kappa shape index (κ3) is 5.33. The zero-order chi connectivity index (χ0) is 22.6. The summed E-state index contributed by atoms with van der Waals surface area (Å²) < 4.78 is 32.8. The van der Waals surface area contributed by atoms with E-state index in [1.807, 2.05) is 6.92 Å². The largest absolute Gasteiger partial charge is 0.454 e. The fourth-order valence-electron chi connectivity index (χ4n) is 4.21. The van der Waals surface area contributed by atoms with Crippen LogP contribution in [0.2, 0.25) is 0 Å². The van der Waals surface area contributed by atoms with Crippen molar-refractivity contribution in [3.63, 3.8) is 0 Å². The van der Waals surface area contributed by atoms with Gasteiger partial charge in [-0.3, -0.25) is 14.4 Å². The van der Waals surface area contributed by atoms with E-state index in [0.717, 1.165) is 23.6 Å². The van der Waals surface area contributed by atoms with Crippen LogP contribution in [0, 0.1) is 0 Å². The summed E-state index contributed by atoms with van der Waals surface area (Å²) in [5.74, 6) is -1.09. The zero-order valence-electron chi connectivity index (χ0n) is 18.1. The van der Waals surface area contributed by atoms with Crippen molar-refractivity contribution in [2.24, 2.45) is 0 Å². The van der Waals surface area contributed by atoms with E-state index in [1.165, 1.54) is 31.2 Å². The van der Waals surface area contributed by atoms with Crippen molar-refractivity contribution in [3.8, 4) is 0 Å². The second-order valence-electron chi connectivity index (χ2n) is 8.25. The first-order valence-electron chi connectivity index (χ1n) is 10.8. The van der Waals surface area contributed by atoms with Gasteiger partial charge in [-0.2, -0.15) is 4.31 Å². The molecule has 2 fully saturated rings. The minimum atomic E-state index is -3.94. The molecule has 2 atom stereocenters. The summed E-state index contributed by atoms with van der Waals surface area (Å²) in [6.45, 7) is 3.87. The average Bonchev–Trinajstić information content (AvgIpc) is 2.77. The molecule has 3 rings (SSSR count). The number of piperidine rings is 2. The van der Waals surface area contributed by atoms with Gasteiger partial charge in [0.15, 0.2) is 12.4 Å². The van der Waals surface area contributed by atoms with Crippen LogP contribution in [-0.4, -0.2) is 67.1 Å². The van der Waals surface area contributed by atoms with E-state index >= 15 is 0 Å². The molecule has 1 amide bonds. The van der Waals surface area contributed by atoms with Gasteiger partial charge in [-0.25, -0.2) is 8.42 Å². The molecular weight excluding hydrogens is 420 g/mol. The number of nitrogens with zero attached hydrogens (tertiary/aromatic N) is 2. The van der Waals surface area contributed by atoms with E-state index in [4.69, 9.17) is 4.74 Å². The molecule has 2 unspecified atom stereocenters. The Labute approximate surface area is 183 Å². The molecule has 8 nitrogen and oxygen atoms in total. The predicted octanol–water partition coefficient (Wildman–Crippen LogP) is 2.38. The Kier molecular flexibility index (Phi) is 7.48. The maximum atomic E-state index is 13.2. The number of likely N-dealkylation sites (tertiary alicyclic amines) is 1. The normalized spacial score (nSPS) is 22.7. The van der Waals surface area contributed by atoms with Gasteiger partial charge in [0.1, 0.15) is 6.04 Å². The van der Waals surface area contributed by atoms with Gasteiger partial charge >= 0.3 is 5.97 Å². The van der Waals surface area contributed by atoms with Crippen LogP contribution in [0.3, 0.4) is 0 Å². The van der Waals surface area contributed by atoms with Crippen molar-refractivity contribution < 1.29 is 27.5 Å². The number of Topliss-reactive ketones (excluding diaryl/α,β-unsaturated/α-hetero) is 1. The number of hydrogen-bond donors (Lipinski definition) is 0. The lowest BCUT2D eigenvalue weighted by Gasteiger charge is -2.34. The van der Waals surface area contributed by atoms with Crippen molar-refractivity contribution in [1.29, 1.82) is 0 Å². The highest BCUT2D eigenvalue weighted by Gasteiger charge is 2.39. The number of carbonyl (C=O) groups is 3. The molecule has 0 bridgehead atoms. The summed E-state index contributed by atoms with van der Waals surface area (Å²) in [4.78, 5) is 38.4. The number of amides is 1. The number of sulfonamides is 1. The monoisotopic (exact) mass is 450 g/mol. The predicted molar refractivity (Wildman–Crippen MR) is 114 cm³/mol. The molecule has 0 aromatic heterocycles. The highest BCUT2D eigenvalue weighted by molar-refractivity contribution is 7.89. The minimum Gasteiger partial charge on any atom is -0.454 e. The lowest BCUT2D eigenvalue weighted by atomic mass is 10.0. The summed E-state index contributed by atoms with van der Waals surface area (Å²) in [5.41, 5.74) is 0.416. The number of esters is 1. The van der Waals surface area contributed by atoms with Crippen LogP contribution >= 0.6 is 0 Å². The number of rotatable bonds is 6. The van der Waals surface area contributed by atoms with Crippen LogP contribution in [-0.2, 0) is 24.3 Å². The number of benzene rings is 1. The quantitative estimate of drug-likeness (QED) is 0.487. The summed E-state index contributed by atoms with van der Waals surface area (Å²) in [6, 6.07) is 4.84. The van der Waals surface area contributed by atoms with E-state index < -0.39 is 22.0 Å². The Balaban J connectivity index is 1.69. The van der Waals surface area contributed by atoms with Gasteiger partial charge in [0.2, 0.25) is 10.0 Å². The second kappa shape index (κ2) is 9.91. The van der Waals surface area contributed by atoms with Crippen LogP contribution in [0.25, 0.3) is 0 Å². The molecule has 2 saturated heterocycles. The molecule has 0 radical (unpaired) electrons. The minimum absolute atomic E-state index is 0.0235. The van der Waals surface area contributed by atoms with Crippen molar-refractivity contribution in [2.45, 2.75) is 69.4 Å². The number of carbonyl (C=O) groups excluding carboxylic acids is 3. The topological polar surface area (TPSA) is 101 Å². The molecule has 2 heterocycles. The molecule has 0 spiro atoms. The molecular formula is C22H30N2O6S. The summed E-state index contributed by atoms with van der Waals surface area (Å²) in [5, 5.41) is 0.